The van der Waals surface area contributed by atoms with Crippen molar-refractivity contribution >= 4 is 28.3 Å². The second-order valence-electron chi connectivity index (χ2n) is 4.83. The zero-order valence-electron chi connectivity index (χ0n) is 11.3. The molecule has 1 fully saturated rings. The molecule has 0 spiro atoms. The molecule has 6 nitrogen and oxygen atoms in total. The van der Waals surface area contributed by atoms with Gasteiger partial charge in [0.05, 0.1) is 12.6 Å². The molecule has 0 aliphatic carbocycles. The lowest BCUT2D eigenvalue weighted by atomic mass is 10.4. The molecule has 0 unspecified atom stereocenters. The maximum atomic E-state index is 11.9. The van der Waals surface area contributed by atoms with Crippen molar-refractivity contribution in [1.82, 2.24) is 9.27 Å². The number of hydrogen-bond donors (Lipinski definition) is 2. The molecule has 0 aromatic carbocycles. The van der Waals surface area contributed by atoms with Gasteiger partial charge in [-0.05, 0) is 38.2 Å². The summed E-state index contributed by atoms with van der Waals surface area (Å²) in [4.78, 5) is 13.8. The van der Waals surface area contributed by atoms with Crippen LogP contribution in [0.15, 0.2) is 0 Å². The largest absolute Gasteiger partial charge is 0.484 e. The van der Waals surface area contributed by atoms with Crippen LogP contribution >= 0.6 is 11.5 Å². The molecule has 106 valence electrons. The summed E-state index contributed by atoms with van der Waals surface area (Å²) in [5, 5.41) is 3.80. The average molecular weight is 284 g/mol. The Labute approximate surface area is 117 Å². The van der Waals surface area contributed by atoms with E-state index in [1.165, 1.54) is 11.5 Å². The average Bonchev–Trinajstić information content (AvgIpc) is 2.98. The maximum Gasteiger partial charge on any atom is 0.241 e. The molecule has 2 heterocycles. The highest BCUT2D eigenvalue weighted by Gasteiger charge is 2.19. The first-order valence-corrected chi connectivity index (χ1v) is 7.28. The van der Waals surface area contributed by atoms with Crippen molar-refractivity contribution < 1.29 is 9.53 Å². The van der Waals surface area contributed by atoms with Crippen molar-refractivity contribution in [2.24, 2.45) is 0 Å². The van der Waals surface area contributed by atoms with Crippen LogP contribution in [0.3, 0.4) is 0 Å². The first-order chi connectivity index (χ1) is 9.08. The third-order valence-electron chi connectivity index (χ3n) is 2.89. The fraction of sp³-hybridized carbons (Fsp3) is 0.667. The summed E-state index contributed by atoms with van der Waals surface area (Å²) in [7, 11) is 0. The Balaban J connectivity index is 1.93. The van der Waals surface area contributed by atoms with Gasteiger partial charge in [0, 0.05) is 13.1 Å². The lowest BCUT2D eigenvalue weighted by Gasteiger charge is -2.16. The van der Waals surface area contributed by atoms with E-state index in [2.05, 4.69) is 9.69 Å². The van der Waals surface area contributed by atoms with Gasteiger partial charge in [-0.25, -0.2) is 0 Å². The summed E-state index contributed by atoms with van der Waals surface area (Å²) in [6, 6.07) is 0. The van der Waals surface area contributed by atoms with Gasteiger partial charge in [0.2, 0.25) is 5.91 Å². The predicted octanol–water partition coefficient (Wildman–Crippen LogP) is 1.55. The Hall–Kier alpha value is -1.50. The molecule has 1 aliphatic heterocycles. The molecule has 1 saturated heterocycles. The normalized spacial score (nSPS) is 15.0. The number of carbonyl (C=O) groups is 1. The summed E-state index contributed by atoms with van der Waals surface area (Å²) in [6.07, 6.45) is 2.22. The number of anilines is 2. The summed E-state index contributed by atoms with van der Waals surface area (Å²) in [5.74, 6) is 1.03. The van der Waals surface area contributed by atoms with Crippen LogP contribution in [0, 0.1) is 0 Å². The first kappa shape index (κ1) is 13.9. The quantitative estimate of drug-likeness (QED) is 0.857. The number of ether oxygens (including phenoxy) is 1. The van der Waals surface area contributed by atoms with E-state index in [-0.39, 0.29) is 18.6 Å². The van der Waals surface area contributed by atoms with Crippen molar-refractivity contribution in [3.05, 3.63) is 0 Å². The van der Waals surface area contributed by atoms with E-state index in [1.807, 2.05) is 18.7 Å². The summed E-state index contributed by atoms with van der Waals surface area (Å²) < 4.78 is 9.66. The molecule has 0 saturated carbocycles. The van der Waals surface area contributed by atoms with E-state index >= 15 is 0 Å². The highest BCUT2D eigenvalue weighted by Crippen LogP contribution is 2.35. The summed E-state index contributed by atoms with van der Waals surface area (Å²) in [5.41, 5.74) is 5.76. The topological polar surface area (TPSA) is 80.5 Å². The molecule has 2 rings (SSSR count). The molecule has 1 aromatic heterocycles. The lowest BCUT2D eigenvalue weighted by Crippen LogP contribution is -2.32. The van der Waals surface area contributed by atoms with Gasteiger partial charge in [-0.15, -0.1) is 0 Å². The Kier molecular flexibility index (Phi) is 4.47. The molecule has 3 N–H and O–H groups in total. The Bertz CT molecular complexity index is 441. The van der Waals surface area contributed by atoms with Gasteiger partial charge < -0.3 is 20.7 Å². The number of aromatic nitrogens is 1. The van der Waals surface area contributed by atoms with Crippen molar-refractivity contribution in [2.75, 3.05) is 30.7 Å². The van der Waals surface area contributed by atoms with E-state index in [0.29, 0.717) is 11.6 Å². The van der Waals surface area contributed by atoms with Crippen LogP contribution in [0.2, 0.25) is 0 Å². The molecule has 1 aliphatic rings. The third kappa shape index (κ3) is 3.50. The van der Waals surface area contributed by atoms with Gasteiger partial charge in [-0.3, -0.25) is 4.79 Å². The zero-order chi connectivity index (χ0) is 13.8. The van der Waals surface area contributed by atoms with Crippen molar-refractivity contribution in [2.45, 2.75) is 32.8 Å². The highest BCUT2D eigenvalue weighted by molar-refractivity contribution is 7.11. The summed E-state index contributed by atoms with van der Waals surface area (Å²) >= 11 is 1.22. The number of likely N-dealkylation sites (tertiary alicyclic amines) is 1. The van der Waals surface area contributed by atoms with Gasteiger partial charge in [0.25, 0.3) is 0 Å². The molecular weight excluding hydrogens is 264 g/mol. The van der Waals surface area contributed by atoms with Crippen LogP contribution in [-0.4, -0.2) is 40.9 Å². The smallest absolute Gasteiger partial charge is 0.241 e. The second-order valence-corrected chi connectivity index (χ2v) is 5.61. The SMILES string of the molecule is CC(C)Oc1c(N)nsc1NCC(=O)N1CCCC1. The van der Waals surface area contributed by atoms with Crippen LogP contribution in [-0.2, 0) is 4.79 Å². The number of amides is 1. The van der Waals surface area contributed by atoms with Crippen LogP contribution in [0.4, 0.5) is 10.8 Å². The molecule has 1 aromatic rings. The van der Waals surface area contributed by atoms with Crippen molar-refractivity contribution in [3.8, 4) is 5.75 Å². The standard InChI is InChI=1S/C12H20N4O2S/c1-8(2)18-10-11(13)15-19-12(10)14-7-9(17)16-5-3-4-6-16/h8,14H,3-7H2,1-2H3,(H2,13,15). The fourth-order valence-corrected chi connectivity index (χ4v) is 2.64. The number of nitrogens with zero attached hydrogens (tertiary/aromatic N) is 2. The lowest BCUT2D eigenvalue weighted by molar-refractivity contribution is -0.128. The predicted molar refractivity (Wildman–Crippen MR) is 76.6 cm³/mol. The van der Waals surface area contributed by atoms with Crippen molar-refractivity contribution in [3.63, 3.8) is 0 Å². The van der Waals surface area contributed by atoms with Crippen LogP contribution < -0.4 is 15.8 Å². The minimum atomic E-state index is 0.0218. The van der Waals surface area contributed by atoms with Gasteiger partial charge >= 0.3 is 0 Å². The summed E-state index contributed by atoms with van der Waals surface area (Å²) in [6.45, 7) is 5.84. The highest BCUT2D eigenvalue weighted by atomic mass is 32.1. The zero-order valence-corrected chi connectivity index (χ0v) is 12.1. The fourth-order valence-electron chi connectivity index (χ4n) is 1.99. The Morgan fingerprint density at radius 3 is 2.84 bits per heavy atom. The molecule has 19 heavy (non-hydrogen) atoms. The maximum absolute atomic E-state index is 11.9. The number of nitrogen functional groups attached to an aromatic ring is 1. The molecule has 0 atom stereocenters. The number of rotatable bonds is 5. The van der Waals surface area contributed by atoms with E-state index in [0.717, 1.165) is 30.9 Å². The molecule has 0 radical (unpaired) electrons. The van der Waals surface area contributed by atoms with E-state index in [4.69, 9.17) is 10.5 Å². The number of carbonyl (C=O) groups excluding carboxylic acids is 1. The van der Waals surface area contributed by atoms with Gasteiger partial charge in [0.15, 0.2) is 16.6 Å². The number of nitrogens with two attached hydrogens (primary N) is 1. The molecule has 0 bridgehead atoms. The monoisotopic (exact) mass is 284 g/mol. The number of nitrogens with one attached hydrogen (secondary N) is 1. The molecule has 1 amide bonds. The second kappa shape index (κ2) is 6.10. The van der Waals surface area contributed by atoms with E-state index in [1.54, 1.807) is 0 Å². The molecule has 7 heteroatoms. The van der Waals surface area contributed by atoms with Crippen molar-refractivity contribution in [1.29, 1.82) is 0 Å². The minimum absolute atomic E-state index is 0.0218. The third-order valence-corrected chi connectivity index (χ3v) is 3.69. The van der Waals surface area contributed by atoms with Gasteiger partial charge in [-0.1, -0.05) is 0 Å². The Morgan fingerprint density at radius 1 is 1.53 bits per heavy atom. The van der Waals surface area contributed by atoms with Crippen LogP contribution in [0.1, 0.15) is 26.7 Å². The first-order valence-electron chi connectivity index (χ1n) is 6.51. The Morgan fingerprint density at radius 2 is 2.21 bits per heavy atom. The van der Waals surface area contributed by atoms with Gasteiger partial charge in [0.1, 0.15) is 0 Å². The molecular formula is C12H20N4O2S. The van der Waals surface area contributed by atoms with E-state index in [9.17, 15) is 4.79 Å². The minimum Gasteiger partial charge on any atom is -0.484 e. The van der Waals surface area contributed by atoms with E-state index < -0.39 is 0 Å². The van der Waals surface area contributed by atoms with Gasteiger partial charge in [-0.2, -0.15) is 4.37 Å². The number of hydrogen-bond acceptors (Lipinski definition) is 6. The van der Waals surface area contributed by atoms with Crippen LogP contribution in [0.5, 0.6) is 5.75 Å². The van der Waals surface area contributed by atoms with Crippen LogP contribution in [0.25, 0.3) is 0 Å².